The Morgan fingerprint density at radius 1 is 0.638 bits per heavy atom. The average molecular weight is 717 g/mol. The fraction of sp³-hybridized carbons (Fsp3) is 0.143. The van der Waals surface area contributed by atoms with Crippen molar-refractivity contribution in [1.29, 1.82) is 0 Å². The predicted molar refractivity (Wildman–Crippen MR) is 159 cm³/mol. The van der Waals surface area contributed by atoms with E-state index >= 15 is 0 Å². The van der Waals surface area contributed by atoms with Crippen molar-refractivity contribution in [3.63, 3.8) is 0 Å². The minimum Gasteiger partial charge on any atom is -0.279 e. The van der Waals surface area contributed by atoms with Gasteiger partial charge in [0.25, 0.3) is 11.4 Å². The van der Waals surface area contributed by atoms with Crippen LogP contribution >= 0.6 is 8.16 Å². The molecular formula is C28H25F8N2O7PS. The Morgan fingerprint density at radius 3 is 1.45 bits per heavy atom. The number of benzene rings is 4. The predicted octanol–water partition coefficient (Wildman–Crippen LogP) is 10.0. The second-order valence-corrected chi connectivity index (χ2v) is 11.9. The molecule has 256 valence electrons. The second-order valence-electron chi connectivity index (χ2n) is 9.24. The number of nitrogens with zero attached hydrogens (tertiary/aromatic N) is 2. The zero-order valence-electron chi connectivity index (χ0n) is 23.9. The molecule has 0 aliphatic carbocycles. The molecule has 0 aliphatic rings. The van der Waals surface area contributed by atoms with Gasteiger partial charge >= 0.3 is 44.8 Å². The summed E-state index contributed by atoms with van der Waals surface area (Å²) in [6.07, 6.45) is 1.53. The first-order valence-electron chi connectivity index (χ1n) is 12.6. The first kappa shape index (κ1) is 40.5. The summed E-state index contributed by atoms with van der Waals surface area (Å²) in [6.45, 7) is 2.04. The van der Waals surface area contributed by atoms with Gasteiger partial charge in [0.2, 0.25) is 0 Å². The van der Waals surface area contributed by atoms with Crippen molar-refractivity contribution in [1.82, 2.24) is 0 Å². The summed E-state index contributed by atoms with van der Waals surface area (Å²) in [5.41, 5.74) is 0.371. The smallest absolute Gasteiger partial charge is 0.279 e. The Labute approximate surface area is 263 Å². The molecule has 4 aromatic carbocycles. The molecule has 0 amide bonds. The van der Waals surface area contributed by atoms with E-state index in [1.54, 1.807) is 24.3 Å². The third kappa shape index (κ3) is 18.9. The Balaban J connectivity index is 0.000000341. The largest absolute Gasteiger partial charge is 0.522 e. The van der Waals surface area contributed by atoms with Crippen LogP contribution in [0.4, 0.5) is 45.5 Å². The fourth-order valence-electron chi connectivity index (χ4n) is 3.40. The van der Waals surface area contributed by atoms with Crippen molar-refractivity contribution < 1.29 is 57.0 Å². The second kappa shape index (κ2) is 16.9. The molecule has 0 aliphatic heterocycles. The number of halogens is 8. The van der Waals surface area contributed by atoms with Crippen LogP contribution in [-0.4, -0.2) is 28.3 Å². The zero-order chi connectivity index (χ0) is 36.1. The van der Waals surface area contributed by atoms with Gasteiger partial charge in [0.15, 0.2) is 0 Å². The van der Waals surface area contributed by atoms with Gasteiger partial charge < -0.3 is 0 Å². The van der Waals surface area contributed by atoms with Gasteiger partial charge in [-0.2, -0.15) is 21.6 Å². The zero-order valence-corrected chi connectivity index (χ0v) is 25.6. The van der Waals surface area contributed by atoms with Crippen LogP contribution in [0.3, 0.4) is 0 Å². The van der Waals surface area contributed by atoms with Crippen molar-refractivity contribution in [2.24, 2.45) is 0 Å². The molecule has 47 heavy (non-hydrogen) atoms. The number of nitro groups is 2. The van der Waals surface area contributed by atoms with E-state index in [1.165, 1.54) is 34.9 Å². The number of hydrogen-bond donors (Lipinski definition) is 1. The van der Waals surface area contributed by atoms with Crippen molar-refractivity contribution >= 4 is 29.6 Å². The van der Waals surface area contributed by atoms with E-state index in [1.807, 2.05) is 61.5 Å². The Hall–Kier alpha value is -4.54. The van der Waals surface area contributed by atoms with Gasteiger partial charge in [-0.05, 0) is 42.0 Å². The van der Waals surface area contributed by atoms with E-state index in [2.05, 4.69) is 6.07 Å². The van der Waals surface area contributed by atoms with Crippen molar-refractivity contribution in [2.75, 3.05) is 0 Å². The van der Waals surface area contributed by atoms with Crippen molar-refractivity contribution in [3.05, 3.63) is 151 Å². The van der Waals surface area contributed by atoms with E-state index in [0.717, 1.165) is 24.0 Å². The quantitative estimate of drug-likeness (QED) is 0.0523. The summed E-state index contributed by atoms with van der Waals surface area (Å²) in [5.74, 6) is 0. The maximum atomic E-state index is 10.7. The van der Waals surface area contributed by atoms with Crippen LogP contribution in [0.25, 0.3) is 0 Å². The molecule has 4 rings (SSSR count). The number of nitro benzene ring substituents is 2. The van der Waals surface area contributed by atoms with Crippen LogP contribution in [0.15, 0.2) is 103 Å². The molecule has 0 unspecified atom stereocenters. The molecule has 9 nitrogen and oxygen atoms in total. The number of alkyl halides is 3. The number of non-ortho nitro benzene ring substituents is 2. The fourth-order valence-corrected chi connectivity index (χ4v) is 3.40. The molecule has 0 radical (unpaired) electrons. The van der Waals surface area contributed by atoms with Crippen molar-refractivity contribution in [3.8, 4) is 0 Å². The Bertz CT molecular complexity index is 1720. The molecule has 0 bridgehead atoms. The maximum Gasteiger partial charge on any atom is 0.522 e. The van der Waals surface area contributed by atoms with Crippen LogP contribution in [0, 0.1) is 27.2 Å². The van der Waals surface area contributed by atoms with Gasteiger partial charge in [-0.1, -0.05) is 84.4 Å². The summed E-state index contributed by atoms with van der Waals surface area (Å²) in [7, 11) is -14.4. The van der Waals surface area contributed by atoms with E-state index in [-0.39, 0.29) is 21.2 Å². The van der Waals surface area contributed by atoms with E-state index < -0.39 is 23.8 Å². The molecule has 0 saturated heterocycles. The van der Waals surface area contributed by atoms with Gasteiger partial charge in [0.1, 0.15) is 0 Å². The SMILES string of the molecule is Cc1cccc(Cc2cccc([N+](=O)[O-])c2)c1.FP(F)(F)(F)F.O=S(=O)(O)C(F)(F)F.O=[N+]([O-])c1ccc(Cc2ccccc2)cc1. The molecule has 4 aromatic rings. The molecule has 19 heteroatoms. The van der Waals surface area contributed by atoms with Crippen LogP contribution in [0.5, 0.6) is 0 Å². The Morgan fingerprint density at radius 2 is 1.02 bits per heavy atom. The standard InChI is InChI=1S/C14H13NO2.C13H11NO2.CHF3O3S.F5P/c1-11-4-2-5-12(8-11)9-13-6-3-7-14(10-13)15(16)17;15-14(16)13-8-6-12(7-9-13)10-11-4-2-1-3-5-11;2-1(3,4)8(5,6)7;1-6(2,3,4)5/h2-8,10H,9H2,1H3;1-9H,10H2;(H,5,6,7);. The number of hydrogen-bond acceptors (Lipinski definition) is 6. The first-order chi connectivity index (χ1) is 21.4. The third-order valence-electron chi connectivity index (χ3n) is 5.30. The topological polar surface area (TPSA) is 141 Å². The maximum absolute atomic E-state index is 10.7. The third-order valence-corrected chi connectivity index (χ3v) is 5.89. The molecule has 0 atom stereocenters. The van der Waals surface area contributed by atoms with Gasteiger partial charge in [-0.3, -0.25) is 24.8 Å². The summed E-state index contributed by atoms with van der Waals surface area (Å²) in [6, 6.07) is 31.7. The van der Waals surface area contributed by atoms with Crippen LogP contribution in [-0.2, 0) is 23.0 Å². The van der Waals surface area contributed by atoms with Crippen LogP contribution in [0.1, 0.15) is 27.8 Å². The minimum absolute atomic E-state index is 0.136. The van der Waals surface area contributed by atoms with Crippen molar-refractivity contribution in [2.45, 2.75) is 25.3 Å². The summed E-state index contributed by atoms with van der Waals surface area (Å²) in [5, 5.41) is 21.1. The van der Waals surface area contributed by atoms with Crippen LogP contribution < -0.4 is 0 Å². The molecule has 0 heterocycles. The Kier molecular flexibility index (Phi) is 14.5. The molecule has 1 N–H and O–H groups in total. The van der Waals surface area contributed by atoms with Gasteiger partial charge in [0.05, 0.1) is 9.85 Å². The normalized spacial score (nSPS) is 11.9. The number of aryl methyl sites for hydroxylation is 1. The summed E-state index contributed by atoms with van der Waals surface area (Å²) < 4.78 is 107. The van der Waals surface area contributed by atoms with Gasteiger partial charge in [-0.15, -0.1) is 0 Å². The first-order valence-corrected chi connectivity index (χ1v) is 15.7. The average Bonchev–Trinajstić information content (AvgIpc) is 2.92. The number of rotatable bonds is 6. The summed E-state index contributed by atoms with van der Waals surface area (Å²) in [4.78, 5) is 20.4. The van der Waals surface area contributed by atoms with Gasteiger partial charge in [-0.25, -0.2) is 0 Å². The minimum atomic E-state index is -8.55. The van der Waals surface area contributed by atoms with Crippen LogP contribution in [0.2, 0.25) is 0 Å². The molecule has 0 spiro atoms. The monoisotopic (exact) mass is 716 g/mol. The molecule has 0 aromatic heterocycles. The van der Waals surface area contributed by atoms with Gasteiger partial charge in [0, 0.05) is 24.3 Å². The van der Waals surface area contributed by atoms with E-state index in [0.29, 0.717) is 0 Å². The molecule has 0 saturated carbocycles. The molecule has 0 fully saturated rings. The van der Waals surface area contributed by atoms with E-state index in [9.17, 15) is 54.4 Å². The molecular weight excluding hydrogens is 691 g/mol. The summed E-state index contributed by atoms with van der Waals surface area (Å²) >= 11 is 0. The van der Waals surface area contributed by atoms with E-state index in [4.69, 9.17) is 13.0 Å².